The number of hydrogen-bond acceptors (Lipinski definition) is 1. The van der Waals surface area contributed by atoms with Gasteiger partial charge in [-0.15, -0.1) is 0 Å². The van der Waals surface area contributed by atoms with Gasteiger partial charge in [0.15, 0.2) is 0 Å². The minimum Gasteiger partial charge on any atom is -0.363 e. The van der Waals surface area contributed by atoms with Crippen molar-refractivity contribution < 1.29 is 0 Å². The molecule has 1 nitrogen and oxygen atoms in total. The van der Waals surface area contributed by atoms with E-state index in [4.69, 9.17) is 0 Å². The number of rotatable bonds is 0. The van der Waals surface area contributed by atoms with Crippen molar-refractivity contribution in [1.82, 2.24) is 4.90 Å². The molecule has 94 valence electrons. The molecule has 6 rings (SSSR count). The molecule has 0 spiro atoms. The molecule has 1 saturated heterocycles. The van der Waals surface area contributed by atoms with Crippen LogP contribution in [0.5, 0.6) is 0 Å². The van der Waals surface area contributed by atoms with Gasteiger partial charge in [-0.25, -0.2) is 0 Å². The third-order valence-electron chi connectivity index (χ3n) is 5.47. The van der Waals surface area contributed by atoms with Crippen LogP contribution < -0.4 is 0 Å². The number of benzene rings is 1. The van der Waals surface area contributed by atoms with Crippen LogP contribution in [0.4, 0.5) is 0 Å². The Morgan fingerprint density at radius 2 is 1.89 bits per heavy atom. The maximum atomic E-state index is 2.61. The van der Waals surface area contributed by atoms with E-state index in [0.717, 1.165) is 11.8 Å². The minimum atomic E-state index is 0.564. The Morgan fingerprint density at radius 1 is 1.00 bits per heavy atom. The molecule has 1 aromatic carbocycles. The molecule has 19 heavy (non-hydrogen) atoms. The highest BCUT2D eigenvalue weighted by Crippen LogP contribution is 2.60. The maximum absolute atomic E-state index is 2.61. The van der Waals surface area contributed by atoms with Crippen molar-refractivity contribution in [2.45, 2.75) is 24.4 Å². The van der Waals surface area contributed by atoms with Crippen molar-refractivity contribution in [3.8, 4) is 0 Å². The zero-order chi connectivity index (χ0) is 12.4. The first-order valence-electron chi connectivity index (χ1n) is 7.33. The van der Waals surface area contributed by atoms with E-state index in [9.17, 15) is 0 Å². The van der Waals surface area contributed by atoms with Gasteiger partial charge in [0, 0.05) is 12.1 Å². The van der Waals surface area contributed by atoms with Gasteiger partial charge in [-0.05, 0) is 35.5 Å². The summed E-state index contributed by atoms with van der Waals surface area (Å²) in [6.45, 7) is 0. The van der Waals surface area contributed by atoms with Crippen molar-refractivity contribution in [2.24, 2.45) is 11.8 Å². The average Bonchev–Trinajstić information content (AvgIpc) is 2.96. The third-order valence-corrected chi connectivity index (χ3v) is 5.47. The summed E-state index contributed by atoms with van der Waals surface area (Å²) < 4.78 is 0. The van der Waals surface area contributed by atoms with E-state index in [1.165, 1.54) is 6.42 Å². The lowest BCUT2D eigenvalue weighted by atomic mass is 9.60. The van der Waals surface area contributed by atoms with E-state index in [-0.39, 0.29) is 0 Å². The van der Waals surface area contributed by atoms with Crippen LogP contribution in [-0.4, -0.2) is 10.9 Å². The average molecular weight is 247 g/mol. The Bertz CT molecular complexity index is 624. The van der Waals surface area contributed by atoms with Gasteiger partial charge in [-0.2, -0.15) is 0 Å². The van der Waals surface area contributed by atoms with Gasteiger partial charge < -0.3 is 4.90 Å². The van der Waals surface area contributed by atoms with Crippen molar-refractivity contribution >= 4 is 0 Å². The van der Waals surface area contributed by atoms with Crippen LogP contribution in [0.2, 0.25) is 0 Å². The fourth-order valence-corrected chi connectivity index (χ4v) is 4.84. The lowest BCUT2D eigenvalue weighted by molar-refractivity contribution is 0.0400. The molecule has 0 aromatic heterocycles. The minimum absolute atomic E-state index is 0.564. The van der Waals surface area contributed by atoms with Crippen molar-refractivity contribution in [3.63, 3.8) is 0 Å². The Balaban J connectivity index is 1.78. The predicted octanol–water partition coefficient (Wildman–Crippen LogP) is 3.78. The first kappa shape index (κ1) is 10.1. The highest BCUT2D eigenvalue weighted by atomic mass is 15.2. The Hall–Kier alpha value is -1.76. The van der Waals surface area contributed by atoms with E-state index < -0.39 is 0 Å². The number of piperidine rings is 1. The molecule has 5 aliphatic rings. The van der Waals surface area contributed by atoms with Crippen LogP contribution in [0.25, 0.3) is 0 Å². The molecule has 2 aliphatic carbocycles. The summed E-state index contributed by atoms with van der Waals surface area (Å²) in [5.74, 6) is 2.18. The van der Waals surface area contributed by atoms with Gasteiger partial charge in [-0.1, -0.05) is 48.6 Å². The van der Waals surface area contributed by atoms with Gasteiger partial charge in [-0.3, -0.25) is 0 Å². The molecule has 1 aromatic rings. The largest absolute Gasteiger partial charge is 0.363 e. The van der Waals surface area contributed by atoms with E-state index in [1.807, 2.05) is 0 Å². The number of allylic oxidation sites excluding steroid dienone is 4. The molecule has 3 heterocycles. The van der Waals surface area contributed by atoms with E-state index >= 15 is 0 Å². The summed E-state index contributed by atoms with van der Waals surface area (Å²) in [6, 6.07) is 10.3. The van der Waals surface area contributed by atoms with Gasteiger partial charge in [0.2, 0.25) is 0 Å². The molecule has 1 heteroatoms. The Morgan fingerprint density at radius 3 is 2.84 bits per heavy atom. The first-order valence-corrected chi connectivity index (χ1v) is 7.33. The highest BCUT2D eigenvalue weighted by Gasteiger charge is 2.53. The zero-order valence-corrected chi connectivity index (χ0v) is 10.8. The molecule has 1 fully saturated rings. The second-order valence-electron chi connectivity index (χ2n) is 6.17. The summed E-state index contributed by atoms with van der Waals surface area (Å²) in [7, 11) is 0. The monoisotopic (exact) mass is 247 g/mol. The van der Waals surface area contributed by atoms with Gasteiger partial charge in [0.1, 0.15) is 0 Å². The normalized spacial score (nSPS) is 40.2. The first-order chi connectivity index (χ1) is 9.45. The summed E-state index contributed by atoms with van der Waals surface area (Å²) in [5, 5.41) is 0. The fraction of sp³-hybridized carbons (Fsp3) is 0.333. The summed E-state index contributed by atoms with van der Waals surface area (Å²) in [4.78, 5) is 2.61. The fourth-order valence-electron chi connectivity index (χ4n) is 4.84. The molecule has 0 saturated carbocycles. The van der Waals surface area contributed by atoms with E-state index in [1.54, 1.807) is 11.1 Å². The van der Waals surface area contributed by atoms with Crippen LogP contribution in [-0.2, 0) is 0 Å². The predicted molar refractivity (Wildman–Crippen MR) is 76.6 cm³/mol. The lowest BCUT2D eigenvalue weighted by Gasteiger charge is -2.57. The zero-order valence-electron chi connectivity index (χ0n) is 10.8. The highest BCUT2D eigenvalue weighted by molar-refractivity contribution is 5.46. The van der Waals surface area contributed by atoms with Crippen LogP contribution in [0.15, 0.2) is 60.8 Å². The topological polar surface area (TPSA) is 3.24 Å². The molecule has 1 unspecified atom stereocenters. The second kappa shape index (κ2) is 3.41. The number of hydrogen-bond donors (Lipinski definition) is 0. The van der Waals surface area contributed by atoms with Crippen molar-refractivity contribution in [3.05, 3.63) is 72.0 Å². The van der Waals surface area contributed by atoms with Crippen molar-refractivity contribution in [1.29, 1.82) is 0 Å². The Kier molecular flexibility index (Phi) is 1.81. The van der Waals surface area contributed by atoms with Crippen LogP contribution >= 0.6 is 0 Å². The van der Waals surface area contributed by atoms with E-state index in [2.05, 4.69) is 65.7 Å². The van der Waals surface area contributed by atoms with E-state index in [0.29, 0.717) is 18.0 Å². The number of nitrogens with zero attached hydrogens (tertiary/aromatic N) is 1. The lowest BCUT2D eigenvalue weighted by Crippen LogP contribution is -2.54. The van der Waals surface area contributed by atoms with Gasteiger partial charge in [0.05, 0.1) is 12.1 Å². The Labute approximate surface area is 113 Å². The molecule has 0 N–H and O–H groups in total. The summed E-state index contributed by atoms with van der Waals surface area (Å²) in [6.07, 6.45) is 15.3. The molecular weight excluding hydrogens is 230 g/mol. The maximum Gasteiger partial charge on any atom is 0.0583 e. The second-order valence-corrected chi connectivity index (χ2v) is 6.17. The molecule has 3 aliphatic heterocycles. The molecular formula is C18H17N. The molecule has 5 atom stereocenters. The molecule has 0 amide bonds. The standard InChI is InChI=1S/C18H17N/c1-2-7-14-12(6-1)17-13-8-5-9-15(13)18(14)19-11-4-3-10-16(17)19/h1-8,10-11,13,15-18H,9H2/t13-,15+,16?,17-,18+/m0/s1. The van der Waals surface area contributed by atoms with Crippen LogP contribution in [0.3, 0.4) is 0 Å². The SMILES string of the molecule is C1=CC2[C@H]3c4ccccc4[C@H]([C@@H]4CC=C[C@@H]43)N2C=C1. The third kappa shape index (κ3) is 1.12. The summed E-state index contributed by atoms with van der Waals surface area (Å²) in [5.41, 5.74) is 3.18. The van der Waals surface area contributed by atoms with Gasteiger partial charge in [0.25, 0.3) is 0 Å². The smallest absolute Gasteiger partial charge is 0.0583 e. The van der Waals surface area contributed by atoms with Gasteiger partial charge >= 0.3 is 0 Å². The van der Waals surface area contributed by atoms with Crippen LogP contribution in [0, 0.1) is 11.8 Å². The quantitative estimate of drug-likeness (QED) is 0.631. The molecule has 2 bridgehead atoms. The molecule has 0 radical (unpaired) electrons. The van der Waals surface area contributed by atoms with Crippen molar-refractivity contribution in [2.75, 3.05) is 0 Å². The van der Waals surface area contributed by atoms with Crippen LogP contribution in [0.1, 0.15) is 29.5 Å². The summed E-state index contributed by atoms with van der Waals surface area (Å²) >= 11 is 0.